The number of hydrogen-bond donors (Lipinski definition) is 3. The Morgan fingerprint density at radius 2 is 1.96 bits per heavy atom. The molecule has 138 valence electrons. The van der Waals surface area contributed by atoms with Gasteiger partial charge in [0.05, 0.1) is 10.7 Å². The van der Waals surface area contributed by atoms with Crippen molar-refractivity contribution in [2.45, 2.75) is 31.5 Å². The number of nitro benzene ring substituents is 1. The number of hydrogen-bond acceptors (Lipinski definition) is 4. The molecule has 7 nitrogen and oxygen atoms in total. The van der Waals surface area contributed by atoms with Gasteiger partial charge in [0.25, 0.3) is 5.69 Å². The Labute approximate surface area is 142 Å². The minimum absolute atomic E-state index is 0.0281. The third kappa shape index (κ3) is 3.99. The van der Waals surface area contributed by atoms with E-state index in [2.05, 4.69) is 4.98 Å². The third-order valence-electron chi connectivity index (χ3n) is 3.77. The molecule has 0 radical (unpaired) electrons. The Bertz CT molecular complexity index is 836. The van der Waals surface area contributed by atoms with Crippen LogP contribution < -0.4 is 0 Å². The van der Waals surface area contributed by atoms with Gasteiger partial charge in [-0.3, -0.25) is 10.1 Å². The highest BCUT2D eigenvalue weighted by molar-refractivity contribution is 7.79. The first-order chi connectivity index (χ1) is 11.5. The van der Waals surface area contributed by atoms with Gasteiger partial charge in [0.1, 0.15) is 11.2 Å². The molecule has 0 aliphatic rings. The van der Waals surface area contributed by atoms with Crippen molar-refractivity contribution in [2.24, 2.45) is 0 Å². The van der Waals surface area contributed by atoms with Crippen molar-refractivity contribution in [1.29, 1.82) is 0 Å². The number of rotatable bonds is 6. The fraction of sp³-hybridized carbons (Fsp3) is 0.429. The van der Waals surface area contributed by atoms with E-state index in [0.717, 1.165) is 6.07 Å². The standard InChI is InChI=1S/C14H15F3N2O5S/c1-2-3-13(20,7-25(23)24)12-5-8-4-11(19(21)22)9(14(15,16)17)6-10(8)18-12/h4-6,18,20H,2-3,7H2,1H3,(H,23,24). The molecule has 0 saturated carbocycles. The zero-order valence-electron chi connectivity index (χ0n) is 13.0. The second-order valence-corrected chi connectivity index (χ2v) is 6.57. The van der Waals surface area contributed by atoms with Gasteiger partial charge < -0.3 is 14.6 Å². The summed E-state index contributed by atoms with van der Waals surface area (Å²) in [5.41, 5.74) is -4.31. The minimum Gasteiger partial charge on any atom is -0.383 e. The smallest absolute Gasteiger partial charge is 0.383 e. The number of aromatic amines is 1. The number of fused-ring (bicyclic) bond motifs is 1. The molecular formula is C14H15F3N2O5S. The maximum Gasteiger partial charge on any atom is 0.423 e. The molecule has 0 saturated heterocycles. The number of alkyl halides is 3. The van der Waals surface area contributed by atoms with Crippen LogP contribution in [0.25, 0.3) is 10.9 Å². The first-order valence-electron chi connectivity index (χ1n) is 7.16. The first kappa shape index (κ1) is 19.3. The van der Waals surface area contributed by atoms with Gasteiger partial charge in [-0.15, -0.1) is 0 Å². The van der Waals surface area contributed by atoms with E-state index in [1.807, 2.05) is 0 Å². The van der Waals surface area contributed by atoms with E-state index in [1.54, 1.807) is 6.92 Å². The zero-order valence-corrected chi connectivity index (χ0v) is 13.8. The molecule has 2 aromatic rings. The summed E-state index contributed by atoms with van der Waals surface area (Å²) in [6, 6.07) is 2.62. The molecule has 0 fully saturated rings. The van der Waals surface area contributed by atoms with Gasteiger partial charge >= 0.3 is 6.18 Å². The molecule has 2 rings (SSSR count). The Morgan fingerprint density at radius 3 is 2.44 bits per heavy atom. The van der Waals surface area contributed by atoms with Gasteiger partial charge in [-0.2, -0.15) is 13.2 Å². The summed E-state index contributed by atoms with van der Waals surface area (Å²) in [5, 5.41) is 21.6. The maximum absolute atomic E-state index is 13.0. The molecule has 0 aliphatic heterocycles. The topological polar surface area (TPSA) is 116 Å². The number of nitrogens with one attached hydrogen (secondary N) is 1. The molecule has 2 unspecified atom stereocenters. The SMILES string of the molecule is CCCC(O)(CS(=O)O)c1cc2cc([N+](=O)[O-])c(C(F)(F)F)cc2[nH]1. The molecule has 25 heavy (non-hydrogen) atoms. The van der Waals surface area contributed by atoms with Gasteiger partial charge in [0.2, 0.25) is 0 Å². The summed E-state index contributed by atoms with van der Waals surface area (Å²) in [7, 11) is 0. The number of benzene rings is 1. The van der Waals surface area contributed by atoms with Crippen LogP contribution >= 0.6 is 0 Å². The lowest BCUT2D eigenvalue weighted by molar-refractivity contribution is -0.387. The average Bonchev–Trinajstić information content (AvgIpc) is 2.88. The van der Waals surface area contributed by atoms with Crippen LogP contribution in [0.1, 0.15) is 31.0 Å². The van der Waals surface area contributed by atoms with E-state index in [4.69, 9.17) is 4.55 Å². The van der Waals surface area contributed by atoms with Crippen molar-refractivity contribution in [3.63, 3.8) is 0 Å². The quantitative estimate of drug-likeness (QED) is 0.404. The molecule has 0 amide bonds. The number of nitro groups is 1. The van der Waals surface area contributed by atoms with E-state index >= 15 is 0 Å². The van der Waals surface area contributed by atoms with Gasteiger partial charge in [-0.05, 0) is 18.6 Å². The van der Waals surface area contributed by atoms with E-state index < -0.39 is 44.8 Å². The monoisotopic (exact) mass is 380 g/mol. The molecule has 1 aromatic carbocycles. The molecular weight excluding hydrogens is 365 g/mol. The van der Waals surface area contributed by atoms with Crippen LogP contribution in [0.4, 0.5) is 18.9 Å². The summed E-state index contributed by atoms with van der Waals surface area (Å²) in [6.45, 7) is 1.72. The number of nitrogens with zero attached hydrogens (tertiary/aromatic N) is 1. The van der Waals surface area contributed by atoms with Crippen LogP contribution in [0.15, 0.2) is 18.2 Å². The summed E-state index contributed by atoms with van der Waals surface area (Å²) >= 11 is -2.35. The number of halogens is 3. The van der Waals surface area contributed by atoms with Crippen LogP contribution in [0.2, 0.25) is 0 Å². The Hall–Kier alpha value is -1.98. The predicted molar refractivity (Wildman–Crippen MR) is 84.4 cm³/mol. The lowest BCUT2D eigenvalue weighted by Gasteiger charge is -2.25. The van der Waals surface area contributed by atoms with Gasteiger partial charge in [0, 0.05) is 22.7 Å². The normalized spacial score (nSPS) is 15.9. The van der Waals surface area contributed by atoms with Crippen molar-refractivity contribution in [3.8, 4) is 0 Å². The molecule has 11 heteroatoms. The van der Waals surface area contributed by atoms with Crippen LogP contribution in [0, 0.1) is 10.1 Å². The van der Waals surface area contributed by atoms with Crippen molar-refractivity contribution >= 4 is 27.7 Å². The Balaban J connectivity index is 2.66. The second-order valence-electron chi connectivity index (χ2n) is 5.64. The summed E-state index contributed by atoms with van der Waals surface area (Å²) in [4.78, 5) is 12.4. The van der Waals surface area contributed by atoms with Gasteiger partial charge in [0.15, 0.2) is 11.1 Å². The fourth-order valence-electron chi connectivity index (χ4n) is 2.70. The average molecular weight is 380 g/mol. The Morgan fingerprint density at radius 1 is 1.32 bits per heavy atom. The summed E-state index contributed by atoms with van der Waals surface area (Å²) in [5.74, 6) is -0.540. The van der Waals surface area contributed by atoms with Gasteiger partial charge in [-0.25, -0.2) is 4.21 Å². The number of H-pyrrole nitrogens is 1. The van der Waals surface area contributed by atoms with E-state index in [9.17, 15) is 32.6 Å². The lowest BCUT2D eigenvalue weighted by atomic mass is 9.96. The highest BCUT2D eigenvalue weighted by Gasteiger charge is 2.39. The molecule has 3 N–H and O–H groups in total. The fourth-order valence-corrected chi connectivity index (χ4v) is 3.41. The van der Waals surface area contributed by atoms with E-state index in [1.165, 1.54) is 6.07 Å². The van der Waals surface area contributed by atoms with Crippen LogP contribution in [-0.4, -0.2) is 29.5 Å². The second kappa shape index (κ2) is 6.73. The van der Waals surface area contributed by atoms with Crippen LogP contribution in [0.3, 0.4) is 0 Å². The largest absolute Gasteiger partial charge is 0.423 e. The van der Waals surface area contributed by atoms with Crippen molar-refractivity contribution in [1.82, 2.24) is 4.98 Å². The molecule has 1 heterocycles. The van der Waals surface area contributed by atoms with E-state index in [0.29, 0.717) is 12.5 Å². The predicted octanol–water partition coefficient (Wildman–Crippen LogP) is 3.30. The van der Waals surface area contributed by atoms with Gasteiger partial charge in [-0.1, -0.05) is 13.3 Å². The van der Waals surface area contributed by atoms with Crippen LogP contribution in [-0.2, 0) is 22.9 Å². The minimum atomic E-state index is -4.92. The summed E-state index contributed by atoms with van der Waals surface area (Å²) in [6.07, 6.45) is -4.40. The Kier molecular flexibility index (Phi) is 5.21. The van der Waals surface area contributed by atoms with Crippen LogP contribution in [0.5, 0.6) is 0 Å². The van der Waals surface area contributed by atoms with Crippen molar-refractivity contribution in [2.75, 3.05) is 5.75 Å². The zero-order chi connectivity index (χ0) is 19.0. The molecule has 2 atom stereocenters. The van der Waals surface area contributed by atoms with E-state index in [-0.39, 0.29) is 23.0 Å². The maximum atomic E-state index is 13.0. The van der Waals surface area contributed by atoms with Crippen molar-refractivity contribution in [3.05, 3.63) is 39.6 Å². The summed E-state index contributed by atoms with van der Waals surface area (Å²) < 4.78 is 59.3. The lowest BCUT2D eigenvalue weighted by Crippen LogP contribution is -2.32. The highest BCUT2D eigenvalue weighted by atomic mass is 32.2. The molecule has 0 bridgehead atoms. The number of aromatic nitrogens is 1. The third-order valence-corrected chi connectivity index (χ3v) is 4.49. The molecule has 0 spiro atoms. The van der Waals surface area contributed by atoms with Crippen molar-refractivity contribution < 1.29 is 32.0 Å². The molecule has 0 aliphatic carbocycles. The first-order valence-corrected chi connectivity index (χ1v) is 8.44. The highest BCUT2D eigenvalue weighted by Crippen LogP contribution is 2.39. The molecule has 1 aromatic heterocycles. The number of aliphatic hydroxyl groups is 1.